The van der Waals surface area contributed by atoms with E-state index in [2.05, 4.69) is 10.3 Å². The molecular formula is C15H16Cl2N2O2. The molecule has 2 atom stereocenters. The summed E-state index contributed by atoms with van der Waals surface area (Å²) in [5, 5.41) is 4.33. The summed E-state index contributed by atoms with van der Waals surface area (Å²) in [7, 11) is 0. The standard InChI is InChI=1S/C15H16Cl2N2O2/c1-9-6-11(16)14(12(17)7-9)21-13(10-2-3-18-8-10)15-19-4-5-20-15/h4-7,10,13,18H,2-3,8H2,1H3/t10-,13+/m1/s1. The van der Waals surface area contributed by atoms with E-state index >= 15 is 0 Å². The molecule has 1 N–H and O–H groups in total. The van der Waals surface area contributed by atoms with Crippen molar-refractivity contribution < 1.29 is 9.15 Å². The van der Waals surface area contributed by atoms with Gasteiger partial charge in [0.1, 0.15) is 6.26 Å². The largest absolute Gasteiger partial charge is 0.477 e. The fourth-order valence-electron chi connectivity index (χ4n) is 2.58. The summed E-state index contributed by atoms with van der Waals surface area (Å²) < 4.78 is 11.5. The summed E-state index contributed by atoms with van der Waals surface area (Å²) in [6, 6.07) is 3.67. The van der Waals surface area contributed by atoms with Gasteiger partial charge in [0, 0.05) is 12.5 Å². The minimum absolute atomic E-state index is 0.275. The predicted octanol–water partition coefficient (Wildman–Crippen LogP) is 4.02. The van der Waals surface area contributed by atoms with Crippen LogP contribution in [0.25, 0.3) is 0 Å². The van der Waals surface area contributed by atoms with Gasteiger partial charge < -0.3 is 14.5 Å². The Morgan fingerprint density at radius 2 is 2.14 bits per heavy atom. The van der Waals surface area contributed by atoms with Gasteiger partial charge in [-0.05, 0) is 37.6 Å². The summed E-state index contributed by atoms with van der Waals surface area (Å²) >= 11 is 12.5. The second-order valence-electron chi connectivity index (χ2n) is 5.22. The van der Waals surface area contributed by atoms with Crippen molar-refractivity contribution in [1.29, 1.82) is 0 Å². The van der Waals surface area contributed by atoms with Gasteiger partial charge in [-0.25, -0.2) is 4.98 Å². The van der Waals surface area contributed by atoms with Crippen LogP contribution in [-0.2, 0) is 0 Å². The maximum absolute atomic E-state index is 6.27. The van der Waals surface area contributed by atoms with Crippen LogP contribution in [0.5, 0.6) is 5.75 Å². The first-order valence-electron chi connectivity index (χ1n) is 6.87. The van der Waals surface area contributed by atoms with Gasteiger partial charge in [-0.3, -0.25) is 0 Å². The van der Waals surface area contributed by atoms with Crippen LogP contribution in [0.15, 0.2) is 29.0 Å². The maximum atomic E-state index is 6.27. The van der Waals surface area contributed by atoms with Gasteiger partial charge in [-0.1, -0.05) is 23.2 Å². The molecule has 1 aliphatic heterocycles. The Balaban J connectivity index is 1.91. The molecule has 2 heterocycles. The third kappa shape index (κ3) is 3.18. The molecule has 2 aromatic rings. The molecule has 112 valence electrons. The van der Waals surface area contributed by atoms with Gasteiger partial charge in [0.15, 0.2) is 11.9 Å². The molecule has 1 fully saturated rings. The van der Waals surface area contributed by atoms with E-state index in [-0.39, 0.29) is 12.0 Å². The smallest absolute Gasteiger partial charge is 0.235 e. The van der Waals surface area contributed by atoms with Crippen molar-refractivity contribution in [2.24, 2.45) is 5.92 Å². The lowest BCUT2D eigenvalue weighted by Crippen LogP contribution is -2.22. The molecular weight excluding hydrogens is 311 g/mol. The number of oxazole rings is 1. The molecule has 1 saturated heterocycles. The second kappa shape index (κ2) is 6.26. The summed E-state index contributed by atoms with van der Waals surface area (Å²) in [5.41, 5.74) is 0.993. The number of ether oxygens (including phenoxy) is 1. The molecule has 0 aliphatic carbocycles. The van der Waals surface area contributed by atoms with E-state index in [1.807, 2.05) is 19.1 Å². The Labute approximate surface area is 133 Å². The number of rotatable bonds is 4. The van der Waals surface area contributed by atoms with E-state index in [1.165, 1.54) is 0 Å². The number of hydrogen-bond acceptors (Lipinski definition) is 4. The minimum atomic E-state index is -0.298. The van der Waals surface area contributed by atoms with Crippen LogP contribution in [0, 0.1) is 12.8 Å². The molecule has 0 bridgehead atoms. The first-order chi connectivity index (χ1) is 10.1. The van der Waals surface area contributed by atoms with Gasteiger partial charge in [-0.2, -0.15) is 0 Å². The highest BCUT2D eigenvalue weighted by atomic mass is 35.5. The monoisotopic (exact) mass is 326 g/mol. The fraction of sp³-hybridized carbons (Fsp3) is 0.400. The molecule has 4 nitrogen and oxygen atoms in total. The average Bonchev–Trinajstić information content (AvgIpc) is 3.11. The highest BCUT2D eigenvalue weighted by molar-refractivity contribution is 6.37. The van der Waals surface area contributed by atoms with Gasteiger partial charge in [0.2, 0.25) is 5.89 Å². The van der Waals surface area contributed by atoms with E-state index in [9.17, 15) is 0 Å². The first-order valence-corrected chi connectivity index (χ1v) is 7.63. The molecule has 21 heavy (non-hydrogen) atoms. The second-order valence-corrected chi connectivity index (χ2v) is 6.03. The maximum Gasteiger partial charge on any atom is 0.235 e. The van der Waals surface area contributed by atoms with Gasteiger partial charge in [0.25, 0.3) is 0 Å². The van der Waals surface area contributed by atoms with E-state index in [1.54, 1.807) is 12.5 Å². The molecule has 1 aliphatic rings. The summed E-state index contributed by atoms with van der Waals surface area (Å²) in [4.78, 5) is 4.23. The Hall–Kier alpha value is -1.23. The van der Waals surface area contributed by atoms with Crippen LogP contribution in [0.3, 0.4) is 0 Å². The van der Waals surface area contributed by atoms with Crippen LogP contribution >= 0.6 is 23.2 Å². The van der Waals surface area contributed by atoms with Crippen LogP contribution in [0.4, 0.5) is 0 Å². The highest BCUT2D eigenvalue weighted by Crippen LogP contribution is 2.39. The van der Waals surface area contributed by atoms with Crippen LogP contribution in [0.1, 0.15) is 24.0 Å². The quantitative estimate of drug-likeness (QED) is 0.921. The molecule has 0 spiro atoms. The van der Waals surface area contributed by atoms with Gasteiger partial charge in [0.05, 0.1) is 16.2 Å². The third-order valence-electron chi connectivity index (χ3n) is 3.61. The SMILES string of the molecule is Cc1cc(Cl)c(O[C@H](c2ncco2)[C@@H]2CCNC2)c(Cl)c1. The van der Waals surface area contributed by atoms with Crippen LogP contribution < -0.4 is 10.1 Å². The number of aromatic nitrogens is 1. The molecule has 1 aromatic heterocycles. The zero-order valence-corrected chi connectivity index (χ0v) is 13.1. The van der Waals surface area contributed by atoms with E-state index in [0.29, 0.717) is 21.7 Å². The van der Waals surface area contributed by atoms with Gasteiger partial charge in [-0.15, -0.1) is 0 Å². The predicted molar refractivity (Wildman–Crippen MR) is 82.0 cm³/mol. The summed E-state index contributed by atoms with van der Waals surface area (Å²) in [6.45, 7) is 3.75. The summed E-state index contributed by atoms with van der Waals surface area (Å²) in [6.07, 6.45) is 3.86. The number of nitrogens with zero attached hydrogens (tertiary/aromatic N) is 1. The topological polar surface area (TPSA) is 47.3 Å². The van der Waals surface area contributed by atoms with Crippen molar-refractivity contribution in [2.75, 3.05) is 13.1 Å². The number of nitrogens with one attached hydrogen (secondary N) is 1. The number of hydrogen-bond donors (Lipinski definition) is 1. The molecule has 0 amide bonds. The lowest BCUT2D eigenvalue weighted by molar-refractivity contribution is 0.114. The van der Waals surface area contributed by atoms with Crippen molar-refractivity contribution in [1.82, 2.24) is 10.3 Å². The normalized spacial score (nSPS) is 19.7. The lowest BCUT2D eigenvalue weighted by atomic mass is 10.0. The Kier molecular flexibility index (Phi) is 4.38. The Morgan fingerprint density at radius 3 is 2.71 bits per heavy atom. The number of aryl methyl sites for hydroxylation is 1. The average molecular weight is 327 g/mol. The van der Waals surface area contributed by atoms with Crippen molar-refractivity contribution in [2.45, 2.75) is 19.4 Å². The van der Waals surface area contributed by atoms with Crippen molar-refractivity contribution in [3.8, 4) is 5.75 Å². The minimum Gasteiger partial charge on any atom is -0.477 e. The van der Waals surface area contributed by atoms with Crippen LogP contribution in [0.2, 0.25) is 10.0 Å². The van der Waals surface area contributed by atoms with Gasteiger partial charge >= 0.3 is 0 Å². The molecule has 6 heteroatoms. The van der Waals surface area contributed by atoms with Crippen molar-refractivity contribution >= 4 is 23.2 Å². The summed E-state index contributed by atoms with van der Waals surface area (Å²) in [5.74, 6) is 1.31. The van der Waals surface area contributed by atoms with E-state index < -0.39 is 0 Å². The molecule has 0 radical (unpaired) electrons. The molecule has 1 aromatic carbocycles. The number of benzene rings is 1. The van der Waals surface area contributed by atoms with Crippen molar-refractivity contribution in [3.63, 3.8) is 0 Å². The Morgan fingerprint density at radius 1 is 1.38 bits per heavy atom. The van der Waals surface area contributed by atoms with E-state index in [4.69, 9.17) is 32.4 Å². The lowest BCUT2D eigenvalue weighted by Gasteiger charge is -2.23. The van der Waals surface area contributed by atoms with E-state index in [0.717, 1.165) is 25.1 Å². The molecule has 0 saturated carbocycles. The highest BCUT2D eigenvalue weighted by Gasteiger charge is 2.32. The zero-order valence-electron chi connectivity index (χ0n) is 11.6. The molecule has 0 unspecified atom stereocenters. The Bertz CT molecular complexity index is 587. The third-order valence-corrected chi connectivity index (χ3v) is 4.17. The van der Waals surface area contributed by atoms with Crippen LogP contribution in [-0.4, -0.2) is 18.1 Å². The zero-order chi connectivity index (χ0) is 14.8. The number of halogens is 2. The fourth-order valence-corrected chi connectivity index (χ4v) is 3.27. The van der Waals surface area contributed by atoms with Crippen molar-refractivity contribution in [3.05, 3.63) is 46.1 Å². The first kappa shape index (κ1) is 14.7. The molecule has 3 rings (SSSR count).